The number of hydrogen-bond donors (Lipinski definition) is 0. The van der Waals surface area contributed by atoms with E-state index in [1.165, 1.54) is 87.6 Å². The highest BCUT2D eigenvalue weighted by Crippen LogP contribution is 2.23. The Morgan fingerprint density at radius 3 is 0.479 bits per heavy atom. The quantitative estimate of drug-likeness (QED) is 0.124. The van der Waals surface area contributed by atoms with Crippen LogP contribution in [0.4, 0.5) is 0 Å². The number of rotatable bonds is 4. The Hall–Kier alpha value is -7.84. The van der Waals surface area contributed by atoms with Gasteiger partial charge in [0.25, 0.3) is 0 Å². The predicted octanol–water partition coefficient (Wildman–Crippen LogP) is 29.5. The monoisotopic (exact) mass is 1310 g/mol. The fourth-order valence-corrected chi connectivity index (χ4v) is 7.11. The zero-order valence-corrected chi connectivity index (χ0v) is 69.4. The van der Waals surface area contributed by atoms with Crippen molar-refractivity contribution in [1.29, 1.82) is 0 Å². The summed E-state index contributed by atoms with van der Waals surface area (Å²) in [5, 5.41) is 41.5. The van der Waals surface area contributed by atoms with E-state index in [0.29, 0.717) is 0 Å². The Labute approximate surface area is 593 Å². The van der Waals surface area contributed by atoms with Gasteiger partial charge in [-0.25, -0.2) is 0 Å². The van der Waals surface area contributed by atoms with Crippen LogP contribution in [0, 0.1) is 55.4 Å². The minimum Gasteiger partial charge on any atom is -0.161 e. The molecule has 0 spiro atoms. The lowest BCUT2D eigenvalue weighted by molar-refractivity contribution is 1.21. The van der Waals surface area contributed by atoms with Crippen LogP contribution in [0.5, 0.6) is 0 Å². The summed E-state index contributed by atoms with van der Waals surface area (Å²) in [4.78, 5) is 0. The molecule has 8 nitrogen and oxygen atoms in total. The first-order valence-electron chi connectivity index (χ1n) is 35.5. The molecule has 0 N–H and O–H groups in total. The van der Waals surface area contributed by atoms with Crippen molar-refractivity contribution in [3.63, 3.8) is 0 Å². The number of nitrogens with zero attached hydrogens (tertiary/aromatic N) is 8. The van der Waals surface area contributed by atoms with Gasteiger partial charge in [-0.3, -0.25) is 0 Å². The fourth-order valence-electron chi connectivity index (χ4n) is 7.11. The molecule has 0 radical (unpaired) electrons. The van der Waals surface area contributed by atoms with Crippen LogP contribution in [-0.4, -0.2) is 45.7 Å². The van der Waals surface area contributed by atoms with Crippen LogP contribution in [-0.2, 0) is 0 Å². The standard InChI is InChI=1S/4C12H12.4C6H12N2.8C2H6/c1-9-3-5-12-8-10(2)4-6-11(12)7-9;1-9-5-3-8-12-10(2)6-4-7-11(9)12;2*1-9-7-8-10(2)12-6-4-3-5-11(9)12;4*1-5(2)7-8-6(3)4;8*1-2/h4*3-8H,1-2H3;4*1-4H3;8*1-2H3. The number of aryl methyl sites for hydroxylation is 8. The molecule has 8 heteroatoms. The molecule has 8 aromatic rings. The van der Waals surface area contributed by atoms with Gasteiger partial charge >= 0.3 is 0 Å². The molecule has 8 rings (SSSR count). The molecule has 0 unspecified atom stereocenters. The third-order valence-electron chi connectivity index (χ3n) is 11.0. The smallest absolute Gasteiger partial charge is 0.0344 e. The van der Waals surface area contributed by atoms with Crippen LogP contribution in [0.25, 0.3) is 43.1 Å². The summed E-state index contributed by atoms with van der Waals surface area (Å²) in [6, 6.07) is 51.8. The van der Waals surface area contributed by atoms with E-state index in [9.17, 15) is 0 Å². The molecular formula is C88H144N8. The molecular weight excluding hydrogens is 1170 g/mol. The van der Waals surface area contributed by atoms with Gasteiger partial charge < -0.3 is 0 Å². The van der Waals surface area contributed by atoms with Crippen LogP contribution in [0.1, 0.15) is 266 Å². The first-order chi connectivity index (χ1) is 45.6. The van der Waals surface area contributed by atoms with E-state index >= 15 is 0 Å². The van der Waals surface area contributed by atoms with Gasteiger partial charge in [-0.1, -0.05) is 267 Å². The van der Waals surface area contributed by atoms with Crippen molar-refractivity contribution < 1.29 is 0 Å². The summed E-state index contributed by atoms with van der Waals surface area (Å²) in [6.45, 7) is 79.9. The minimum absolute atomic E-state index is 0.992. The van der Waals surface area contributed by atoms with Gasteiger partial charge in [0.15, 0.2) is 0 Å². The molecule has 0 aromatic heterocycles. The average Bonchev–Trinajstić information content (AvgIpc) is 0.856. The summed E-state index contributed by atoms with van der Waals surface area (Å²) < 4.78 is 0. The van der Waals surface area contributed by atoms with Crippen molar-refractivity contribution >= 4 is 88.8 Å². The maximum Gasteiger partial charge on any atom is 0.0344 e. The molecule has 0 saturated heterocycles. The van der Waals surface area contributed by atoms with Crippen molar-refractivity contribution in [3.8, 4) is 0 Å². The van der Waals surface area contributed by atoms with Crippen LogP contribution >= 0.6 is 0 Å². The highest BCUT2D eigenvalue weighted by atomic mass is 15.2. The molecule has 0 heterocycles. The Balaban J connectivity index is -0.000000150. The van der Waals surface area contributed by atoms with Crippen LogP contribution in [0.2, 0.25) is 0 Å². The fraction of sp³-hybridized carbons (Fsp3) is 0.455. The van der Waals surface area contributed by atoms with Gasteiger partial charge in [-0.15, -0.1) is 0 Å². The second-order valence-corrected chi connectivity index (χ2v) is 21.5. The van der Waals surface area contributed by atoms with Gasteiger partial charge in [0.05, 0.1) is 0 Å². The van der Waals surface area contributed by atoms with E-state index in [4.69, 9.17) is 0 Å². The van der Waals surface area contributed by atoms with Gasteiger partial charge in [0, 0.05) is 45.7 Å². The van der Waals surface area contributed by atoms with Crippen molar-refractivity contribution in [3.05, 3.63) is 190 Å². The highest BCUT2D eigenvalue weighted by molar-refractivity contribution is 5.91. The Bertz CT molecular complexity index is 2950. The van der Waals surface area contributed by atoms with Crippen molar-refractivity contribution in [2.75, 3.05) is 0 Å². The normalized spacial score (nSPS) is 8.42. The molecule has 0 aliphatic heterocycles. The number of benzene rings is 8. The lowest BCUT2D eigenvalue weighted by Gasteiger charge is -2.03. The third kappa shape index (κ3) is 55.4. The van der Waals surface area contributed by atoms with Gasteiger partial charge in [-0.2, -0.15) is 40.8 Å². The molecule has 0 aliphatic carbocycles. The van der Waals surface area contributed by atoms with E-state index < -0.39 is 0 Å². The summed E-state index contributed by atoms with van der Waals surface area (Å²) in [5.41, 5.74) is 18.7. The minimum atomic E-state index is 0.992. The van der Waals surface area contributed by atoms with Crippen LogP contribution < -0.4 is 0 Å². The Morgan fingerprint density at radius 2 is 0.323 bits per heavy atom. The van der Waals surface area contributed by atoms with Crippen LogP contribution in [0.3, 0.4) is 0 Å². The number of fused-ring (bicyclic) bond motifs is 4. The lowest BCUT2D eigenvalue weighted by Crippen LogP contribution is -1.81. The largest absolute Gasteiger partial charge is 0.161 e. The summed E-state index contributed by atoms with van der Waals surface area (Å²) >= 11 is 0. The zero-order chi connectivity index (χ0) is 76.5. The highest BCUT2D eigenvalue weighted by Gasteiger charge is 2.00. The average molecular weight is 1310 g/mol. The SMILES string of the molecule is CC.CC.CC.CC.CC.CC.CC.CC.CC(C)=NN=C(C)C.CC(C)=NN=C(C)C.CC(C)=NN=C(C)C.CC(C)=NN=C(C)C.Cc1ccc(C)c2ccccc12.Cc1ccc(C)c2ccccc12.Cc1ccc2cc(C)ccc2c1.Cc1cccc2c(C)cccc12. The topological polar surface area (TPSA) is 98.9 Å². The molecule has 536 valence electrons. The molecule has 96 heavy (non-hydrogen) atoms. The third-order valence-corrected chi connectivity index (χ3v) is 11.0. The lowest BCUT2D eigenvalue weighted by atomic mass is 10.0. The van der Waals surface area contributed by atoms with Crippen molar-refractivity contribution in [2.45, 2.75) is 277 Å². The van der Waals surface area contributed by atoms with E-state index in [1.807, 2.05) is 222 Å². The molecule has 0 amide bonds. The van der Waals surface area contributed by atoms with Gasteiger partial charge in [0.2, 0.25) is 0 Å². The number of hydrogen-bond acceptors (Lipinski definition) is 8. The van der Waals surface area contributed by atoms with Crippen molar-refractivity contribution in [2.24, 2.45) is 40.8 Å². The van der Waals surface area contributed by atoms with E-state index in [2.05, 4.69) is 242 Å². The second-order valence-electron chi connectivity index (χ2n) is 21.5. The van der Waals surface area contributed by atoms with Gasteiger partial charge in [0.1, 0.15) is 0 Å². The predicted molar refractivity (Wildman–Crippen MR) is 455 cm³/mol. The summed E-state index contributed by atoms with van der Waals surface area (Å²) in [7, 11) is 0. The molecule has 0 saturated carbocycles. The first kappa shape index (κ1) is 104. The van der Waals surface area contributed by atoms with E-state index in [0.717, 1.165) is 45.7 Å². The Kier molecular flexibility index (Phi) is 76.0. The van der Waals surface area contributed by atoms with E-state index in [1.54, 1.807) is 0 Å². The van der Waals surface area contributed by atoms with Crippen molar-refractivity contribution in [1.82, 2.24) is 0 Å². The first-order valence-corrected chi connectivity index (χ1v) is 35.5. The summed E-state index contributed by atoms with van der Waals surface area (Å²) in [5.74, 6) is 0. The van der Waals surface area contributed by atoms with E-state index in [-0.39, 0.29) is 0 Å². The second kappa shape index (κ2) is 70.0. The molecule has 8 aromatic carbocycles. The zero-order valence-electron chi connectivity index (χ0n) is 69.4. The molecule has 0 fully saturated rings. The van der Waals surface area contributed by atoms with Gasteiger partial charge in [-0.05, 0) is 243 Å². The molecule has 0 atom stereocenters. The maximum absolute atomic E-state index is 3.83. The maximum atomic E-state index is 3.83. The molecule has 0 aliphatic rings. The van der Waals surface area contributed by atoms with Crippen LogP contribution in [0.15, 0.2) is 186 Å². The summed E-state index contributed by atoms with van der Waals surface area (Å²) in [6.07, 6.45) is 0. The Morgan fingerprint density at radius 1 is 0.177 bits per heavy atom. The molecule has 0 bridgehead atoms.